The molecule has 1 atom stereocenters. The Hall–Kier alpha value is -1.77. The number of carbonyl (C=O) groups is 1. The van der Waals surface area contributed by atoms with Crippen LogP contribution in [0.3, 0.4) is 0 Å². The first-order chi connectivity index (χ1) is 8.95. The number of para-hydroxylation sites is 1. The molecule has 0 aliphatic rings. The van der Waals surface area contributed by atoms with E-state index < -0.39 is 5.97 Å². The Balaban J connectivity index is 2.78. The average Bonchev–Trinajstić information content (AvgIpc) is 2.31. The van der Waals surface area contributed by atoms with Gasteiger partial charge in [-0.3, -0.25) is 4.79 Å². The van der Waals surface area contributed by atoms with Crippen molar-refractivity contribution in [2.45, 2.75) is 33.6 Å². The van der Waals surface area contributed by atoms with Gasteiger partial charge in [-0.2, -0.15) is 0 Å². The maximum absolute atomic E-state index is 10.7. The Morgan fingerprint density at radius 2 is 2.00 bits per heavy atom. The molecule has 3 heteroatoms. The maximum Gasteiger partial charge on any atom is 0.303 e. The number of carboxylic acid groups (broad SMARTS) is 1. The van der Waals surface area contributed by atoms with Gasteiger partial charge >= 0.3 is 5.97 Å². The SMILES string of the molecule is C=C(CC(C)CC(=O)O)N(CC)c1ccccc1C. The summed E-state index contributed by atoms with van der Waals surface area (Å²) in [5.41, 5.74) is 3.33. The van der Waals surface area contributed by atoms with E-state index in [1.54, 1.807) is 0 Å². The first-order valence-electron chi connectivity index (χ1n) is 6.68. The van der Waals surface area contributed by atoms with Gasteiger partial charge in [0, 0.05) is 24.4 Å². The number of aryl methyl sites for hydroxylation is 1. The molecule has 0 aliphatic carbocycles. The molecule has 0 fully saturated rings. The largest absolute Gasteiger partial charge is 0.481 e. The van der Waals surface area contributed by atoms with Gasteiger partial charge in [0.2, 0.25) is 0 Å². The summed E-state index contributed by atoms with van der Waals surface area (Å²) in [6.45, 7) is 11.1. The summed E-state index contributed by atoms with van der Waals surface area (Å²) in [7, 11) is 0. The summed E-state index contributed by atoms with van der Waals surface area (Å²) < 4.78 is 0. The normalized spacial score (nSPS) is 11.9. The Labute approximate surface area is 115 Å². The number of anilines is 1. The predicted molar refractivity (Wildman–Crippen MR) is 79.4 cm³/mol. The van der Waals surface area contributed by atoms with E-state index in [0.717, 1.165) is 17.9 Å². The topological polar surface area (TPSA) is 40.5 Å². The molecular formula is C16H23NO2. The standard InChI is InChI=1S/C16H23NO2/c1-5-17(15-9-7-6-8-13(15)3)14(4)10-12(2)11-16(18)19/h6-9,12H,4-5,10-11H2,1-3H3,(H,18,19). The van der Waals surface area contributed by atoms with Gasteiger partial charge in [-0.05, 0) is 37.8 Å². The van der Waals surface area contributed by atoms with Crippen LogP contribution in [0.1, 0.15) is 32.3 Å². The smallest absolute Gasteiger partial charge is 0.303 e. The number of benzene rings is 1. The highest BCUT2D eigenvalue weighted by Gasteiger charge is 2.15. The third-order valence-electron chi connectivity index (χ3n) is 3.21. The second-order valence-electron chi connectivity index (χ2n) is 5.00. The van der Waals surface area contributed by atoms with E-state index in [9.17, 15) is 4.79 Å². The van der Waals surface area contributed by atoms with Crippen molar-refractivity contribution in [2.75, 3.05) is 11.4 Å². The molecule has 0 saturated heterocycles. The monoisotopic (exact) mass is 261 g/mol. The van der Waals surface area contributed by atoms with E-state index in [4.69, 9.17) is 5.11 Å². The lowest BCUT2D eigenvalue weighted by atomic mass is 10.0. The van der Waals surface area contributed by atoms with Crippen LogP contribution in [0.4, 0.5) is 5.69 Å². The number of carboxylic acids is 1. The van der Waals surface area contributed by atoms with E-state index >= 15 is 0 Å². The van der Waals surface area contributed by atoms with Crippen LogP contribution in [0.25, 0.3) is 0 Å². The number of hydrogen-bond acceptors (Lipinski definition) is 2. The first kappa shape index (κ1) is 15.3. The van der Waals surface area contributed by atoms with E-state index in [0.29, 0.717) is 6.42 Å². The molecule has 0 spiro atoms. The van der Waals surface area contributed by atoms with Gasteiger partial charge in [-0.15, -0.1) is 0 Å². The minimum absolute atomic E-state index is 0.100. The molecule has 104 valence electrons. The van der Waals surface area contributed by atoms with Crippen molar-refractivity contribution in [1.82, 2.24) is 0 Å². The second-order valence-corrected chi connectivity index (χ2v) is 5.00. The molecule has 0 radical (unpaired) electrons. The summed E-state index contributed by atoms with van der Waals surface area (Å²) in [4.78, 5) is 12.9. The number of rotatable bonds is 7. The molecule has 0 bridgehead atoms. The fourth-order valence-corrected chi connectivity index (χ4v) is 2.31. The summed E-state index contributed by atoms with van der Waals surface area (Å²) in [6, 6.07) is 8.18. The van der Waals surface area contributed by atoms with Crippen molar-refractivity contribution in [2.24, 2.45) is 5.92 Å². The zero-order chi connectivity index (χ0) is 14.4. The van der Waals surface area contributed by atoms with Gasteiger partial charge in [0.05, 0.1) is 0 Å². The van der Waals surface area contributed by atoms with Crippen molar-refractivity contribution >= 4 is 11.7 Å². The molecular weight excluding hydrogens is 238 g/mol. The minimum Gasteiger partial charge on any atom is -0.481 e. The van der Waals surface area contributed by atoms with Crippen LogP contribution in [0, 0.1) is 12.8 Å². The Bertz CT molecular complexity index is 454. The Morgan fingerprint density at radius 1 is 1.37 bits per heavy atom. The average molecular weight is 261 g/mol. The summed E-state index contributed by atoms with van der Waals surface area (Å²) >= 11 is 0. The third-order valence-corrected chi connectivity index (χ3v) is 3.21. The quantitative estimate of drug-likeness (QED) is 0.810. The van der Waals surface area contributed by atoms with Crippen LogP contribution in [-0.2, 0) is 4.79 Å². The van der Waals surface area contributed by atoms with E-state index in [1.165, 1.54) is 5.56 Å². The minimum atomic E-state index is -0.751. The number of nitrogens with zero attached hydrogens (tertiary/aromatic N) is 1. The first-order valence-corrected chi connectivity index (χ1v) is 6.68. The van der Waals surface area contributed by atoms with Crippen molar-refractivity contribution in [3.8, 4) is 0 Å². The Morgan fingerprint density at radius 3 is 2.53 bits per heavy atom. The van der Waals surface area contributed by atoms with Crippen LogP contribution >= 0.6 is 0 Å². The van der Waals surface area contributed by atoms with Crippen LogP contribution in [-0.4, -0.2) is 17.6 Å². The van der Waals surface area contributed by atoms with Crippen molar-refractivity contribution in [1.29, 1.82) is 0 Å². The highest BCUT2D eigenvalue weighted by atomic mass is 16.4. The molecule has 3 nitrogen and oxygen atoms in total. The molecule has 0 aromatic heterocycles. The van der Waals surface area contributed by atoms with Crippen LogP contribution in [0.5, 0.6) is 0 Å². The summed E-state index contributed by atoms with van der Waals surface area (Å²) in [5, 5.41) is 8.81. The van der Waals surface area contributed by atoms with Gasteiger partial charge < -0.3 is 10.0 Å². The van der Waals surface area contributed by atoms with E-state index in [1.807, 2.05) is 19.1 Å². The maximum atomic E-state index is 10.7. The molecule has 1 aromatic carbocycles. The van der Waals surface area contributed by atoms with Crippen molar-refractivity contribution in [3.05, 3.63) is 42.1 Å². The van der Waals surface area contributed by atoms with Gasteiger partial charge in [0.1, 0.15) is 0 Å². The number of aliphatic carboxylic acids is 1. The summed E-state index contributed by atoms with van der Waals surface area (Å²) in [6.07, 6.45) is 0.888. The van der Waals surface area contributed by atoms with Crippen molar-refractivity contribution in [3.63, 3.8) is 0 Å². The highest BCUT2D eigenvalue weighted by Crippen LogP contribution is 2.26. The second kappa shape index (κ2) is 6.98. The zero-order valence-corrected chi connectivity index (χ0v) is 12.0. The molecule has 0 heterocycles. The number of allylic oxidation sites excluding steroid dienone is 1. The van der Waals surface area contributed by atoms with E-state index in [-0.39, 0.29) is 12.3 Å². The van der Waals surface area contributed by atoms with E-state index in [2.05, 4.69) is 37.5 Å². The van der Waals surface area contributed by atoms with Crippen LogP contribution < -0.4 is 4.90 Å². The molecule has 1 N–H and O–H groups in total. The fourth-order valence-electron chi connectivity index (χ4n) is 2.31. The molecule has 1 aromatic rings. The van der Waals surface area contributed by atoms with Gasteiger partial charge in [0.25, 0.3) is 0 Å². The molecule has 1 unspecified atom stereocenters. The highest BCUT2D eigenvalue weighted by molar-refractivity contribution is 5.67. The summed E-state index contributed by atoms with van der Waals surface area (Å²) in [5.74, 6) is -0.651. The van der Waals surface area contributed by atoms with Crippen molar-refractivity contribution < 1.29 is 9.90 Å². The van der Waals surface area contributed by atoms with Crippen LogP contribution in [0.15, 0.2) is 36.5 Å². The van der Waals surface area contributed by atoms with Gasteiger partial charge in [0.15, 0.2) is 0 Å². The lowest BCUT2D eigenvalue weighted by molar-refractivity contribution is -0.137. The van der Waals surface area contributed by atoms with Crippen LogP contribution in [0.2, 0.25) is 0 Å². The molecule has 0 amide bonds. The molecule has 0 saturated carbocycles. The predicted octanol–water partition coefficient (Wildman–Crippen LogP) is 3.84. The van der Waals surface area contributed by atoms with Gasteiger partial charge in [-0.1, -0.05) is 31.7 Å². The molecule has 0 aliphatic heterocycles. The molecule has 1 rings (SSSR count). The zero-order valence-electron chi connectivity index (χ0n) is 12.0. The number of hydrogen-bond donors (Lipinski definition) is 1. The lowest BCUT2D eigenvalue weighted by Gasteiger charge is -2.28. The van der Waals surface area contributed by atoms with Gasteiger partial charge in [-0.25, -0.2) is 0 Å². The third kappa shape index (κ3) is 4.43. The lowest BCUT2D eigenvalue weighted by Crippen LogP contribution is -2.23. The fraction of sp³-hybridized carbons (Fsp3) is 0.438. The molecule has 19 heavy (non-hydrogen) atoms. The Kier molecular flexibility index (Phi) is 5.61.